The second kappa shape index (κ2) is 9.11. The number of hydrogen-bond acceptors (Lipinski definition) is 4. The zero-order chi connectivity index (χ0) is 19.5. The van der Waals surface area contributed by atoms with Crippen molar-refractivity contribution in [3.05, 3.63) is 65.9 Å². The summed E-state index contributed by atoms with van der Waals surface area (Å²) in [6.07, 6.45) is 1.80. The Morgan fingerprint density at radius 3 is 2.66 bits per heavy atom. The van der Waals surface area contributed by atoms with Crippen molar-refractivity contribution in [3.63, 3.8) is 0 Å². The number of aryl methyl sites for hydroxylation is 1. The van der Waals surface area contributed by atoms with Gasteiger partial charge in [0, 0.05) is 37.3 Å². The van der Waals surface area contributed by atoms with Gasteiger partial charge in [-0.1, -0.05) is 29.8 Å². The lowest BCUT2D eigenvalue weighted by Crippen LogP contribution is -2.48. The molecule has 152 valence electrons. The van der Waals surface area contributed by atoms with Gasteiger partial charge in [0.2, 0.25) is 0 Å². The molecular weight excluding hydrogens is 388 g/mol. The van der Waals surface area contributed by atoms with E-state index in [9.17, 15) is 4.79 Å². The van der Waals surface area contributed by atoms with Crippen molar-refractivity contribution in [2.75, 3.05) is 26.7 Å². The number of rotatable bonds is 6. The van der Waals surface area contributed by atoms with E-state index in [1.165, 1.54) is 5.56 Å². The Labute approximate surface area is 176 Å². The van der Waals surface area contributed by atoms with Gasteiger partial charge in [0.05, 0.1) is 18.4 Å². The van der Waals surface area contributed by atoms with Crippen LogP contribution in [-0.2, 0) is 0 Å². The quantitative estimate of drug-likeness (QED) is 0.652. The van der Waals surface area contributed by atoms with E-state index >= 15 is 0 Å². The van der Waals surface area contributed by atoms with Crippen molar-refractivity contribution >= 4 is 18.3 Å². The van der Waals surface area contributed by atoms with Gasteiger partial charge in [-0.3, -0.25) is 4.79 Å². The van der Waals surface area contributed by atoms with Gasteiger partial charge in [0.25, 0.3) is 5.91 Å². The monoisotopic (exact) mass is 412 g/mol. The van der Waals surface area contributed by atoms with Gasteiger partial charge in [-0.15, -0.1) is 12.4 Å². The fourth-order valence-corrected chi connectivity index (χ4v) is 3.18. The number of carbonyl (C=O) groups is 1. The van der Waals surface area contributed by atoms with E-state index in [1.807, 2.05) is 55.5 Å². The first kappa shape index (κ1) is 20.9. The normalized spacial score (nSPS) is 13.3. The van der Waals surface area contributed by atoms with Crippen LogP contribution in [-0.4, -0.2) is 42.4 Å². The Bertz CT molecular complexity index is 981. The topological polar surface area (TPSA) is 68.2 Å². The Morgan fingerprint density at radius 2 is 2.00 bits per heavy atom. The fourth-order valence-electron chi connectivity index (χ4n) is 3.18. The zero-order valence-corrected chi connectivity index (χ0v) is 17.3. The molecule has 1 amide bonds. The van der Waals surface area contributed by atoms with Crippen LogP contribution in [0.3, 0.4) is 0 Å². The highest BCUT2D eigenvalue weighted by molar-refractivity contribution is 6.00. The molecule has 0 radical (unpaired) electrons. The number of methoxy groups -OCH3 is 1. The van der Waals surface area contributed by atoms with Crippen LogP contribution < -0.4 is 15.4 Å². The number of benzene rings is 2. The van der Waals surface area contributed by atoms with Crippen molar-refractivity contribution in [1.82, 2.24) is 20.4 Å². The second-order valence-corrected chi connectivity index (χ2v) is 7.14. The Hall–Kier alpha value is -2.83. The molecule has 2 N–H and O–H groups in total. The highest BCUT2D eigenvalue weighted by atomic mass is 35.5. The summed E-state index contributed by atoms with van der Waals surface area (Å²) >= 11 is 0. The van der Waals surface area contributed by atoms with Gasteiger partial charge in [-0.2, -0.15) is 5.10 Å². The summed E-state index contributed by atoms with van der Waals surface area (Å²) in [6, 6.07) is 15.7. The molecule has 1 aliphatic rings. The largest absolute Gasteiger partial charge is 0.497 e. The molecule has 1 saturated heterocycles. The molecule has 1 aromatic heterocycles. The van der Waals surface area contributed by atoms with Crippen molar-refractivity contribution in [3.8, 4) is 22.7 Å². The summed E-state index contributed by atoms with van der Waals surface area (Å²) in [7, 11) is 1.63. The molecule has 6 nitrogen and oxygen atoms in total. The molecule has 7 heteroatoms. The number of ether oxygens (including phenoxy) is 1. The molecule has 0 spiro atoms. The van der Waals surface area contributed by atoms with Gasteiger partial charge >= 0.3 is 0 Å². The number of aromatic nitrogens is 2. The predicted molar refractivity (Wildman–Crippen MR) is 116 cm³/mol. The van der Waals surface area contributed by atoms with E-state index < -0.39 is 0 Å². The third-order valence-corrected chi connectivity index (χ3v) is 5.02. The molecule has 3 aromatic rings. The third-order valence-electron chi connectivity index (χ3n) is 5.02. The molecule has 1 fully saturated rings. The van der Waals surface area contributed by atoms with Crippen molar-refractivity contribution in [2.24, 2.45) is 5.92 Å². The fraction of sp³-hybridized carbons (Fsp3) is 0.273. The average molecular weight is 413 g/mol. The SMILES string of the molecule is COc1cccc(-c2nn(-c3ccc(C)cc3)cc2C(=O)NCC2CNC2)c1.Cl. The number of nitrogens with zero attached hydrogens (tertiary/aromatic N) is 2. The van der Waals surface area contributed by atoms with Gasteiger partial charge in [0.1, 0.15) is 11.4 Å². The zero-order valence-electron chi connectivity index (χ0n) is 16.5. The van der Waals surface area contributed by atoms with Crippen molar-refractivity contribution < 1.29 is 9.53 Å². The first-order valence-electron chi connectivity index (χ1n) is 9.44. The van der Waals surface area contributed by atoms with Crippen molar-refractivity contribution in [2.45, 2.75) is 6.92 Å². The van der Waals surface area contributed by atoms with E-state index in [0.717, 1.165) is 30.1 Å². The predicted octanol–water partition coefficient (Wildman–Crippen LogP) is 3.23. The molecule has 0 unspecified atom stereocenters. The minimum atomic E-state index is -0.108. The van der Waals surface area contributed by atoms with E-state index in [4.69, 9.17) is 9.84 Å². The highest BCUT2D eigenvalue weighted by Crippen LogP contribution is 2.27. The molecule has 0 atom stereocenters. The molecule has 1 aliphatic heterocycles. The maximum absolute atomic E-state index is 12.9. The van der Waals surface area contributed by atoms with Crippen LogP contribution in [0.2, 0.25) is 0 Å². The molecule has 2 heterocycles. The van der Waals surface area contributed by atoms with Crippen molar-refractivity contribution in [1.29, 1.82) is 0 Å². The number of carbonyl (C=O) groups excluding carboxylic acids is 1. The molecule has 2 aromatic carbocycles. The molecule has 4 rings (SSSR count). The van der Waals surface area contributed by atoms with E-state index in [-0.39, 0.29) is 18.3 Å². The number of amides is 1. The summed E-state index contributed by atoms with van der Waals surface area (Å²) in [4.78, 5) is 12.9. The first-order chi connectivity index (χ1) is 13.6. The Morgan fingerprint density at radius 1 is 1.24 bits per heavy atom. The van der Waals surface area contributed by atoms with Crippen LogP contribution in [0, 0.1) is 12.8 Å². The maximum atomic E-state index is 12.9. The van der Waals surface area contributed by atoms with E-state index in [0.29, 0.717) is 23.7 Å². The summed E-state index contributed by atoms with van der Waals surface area (Å²) in [5.41, 5.74) is 4.14. The lowest BCUT2D eigenvalue weighted by molar-refractivity contribution is 0.0943. The summed E-state index contributed by atoms with van der Waals surface area (Å²) in [5.74, 6) is 1.12. The lowest BCUT2D eigenvalue weighted by atomic mass is 10.0. The smallest absolute Gasteiger partial charge is 0.255 e. The maximum Gasteiger partial charge on any atom is 0.255 e. The second-order valence-electron chi connectivity index (χ2n) is 7.14. The number of halogens is 1. The van der Waals surface area contributed by atoms with Crippen LogP contribution >= 0.6 is 12.4 Å². The van der Waals surface area contributed by atoms with Gasteiger partial charge in [-0.25, -0.2) is 4.68 Å². The first-order valence-corrected chi connectivity index (χ1v) is 9.44. The van der Waals surface area contributed by atoms with Crippen LogP contribution in [0.5, 0.6) is 5.75 Å². The minimum absolute atomic E-state index is 0. The van der Waals surface area contributed by atoms with Crippen LogP contribution in [0.15, 0.2) is 54.7 Å². The molecule has 0 aliphatic carbocycles. The molecule has 0 saturated carbocycles. The summed E-state index contributed by atoms with van der Waals surface area (Å²) in [6.45, 7) is 4.61. The summed E-state index contributed by atoms with van der Waals surface area (Å²) in [5, 5.41) is 11.0. The average Bonchev–Trinajstić information content (AvgIpc) is 3.13. The Kier molecular flexibility index (Phi) is 6.56. The van der Waals surface area contributed by atoms with Gasteiger partial charge in [-0.05, 0) is 31.2 Å². The third kappa shape index (κ3) is 4.60. The van der Waals surface area contributed by atoms with Gasteiger partial charge < -0.3 is 15.4 Å². The van der Waals surface area contributed by atoms with Gasteiger partial charge in [0.15, 0.2) is 0 Å². The standard InChI is InChI=1S/C22H24N4O2.ClH/c1-15-6-8-18(9-7-15)26-14-20(22(27)24-13-16-11-23-12-16)21(25-26)17-4-3-5-19(10-17)28-2;/h3-10,14,16,23H,11-13H2,1-2H3,(H,24,27);1H. The summed E-state index contributed by atoms with van der Waals surface area (Å²) < 4.78 is 7.10. The number of hydrogen-bond donors (Lipinski definition) is 2. The molecular formula is C22H25ClN4O2. The van der Waals surface area contributed by atoms with Crippen LogP contribution in [0.4, 0.5) is 0 Å². The van der Waals surface area contributed by atoms with E-state index in [2.05, 4.69) is 10.6 Å². The molecule has 29 heavy (non-hydrogen) atoms. The van der Waals surface area contributed by atoms with Crippen LogP contribution in [0.25, 0.3) is 16.9 Å². The van der Waals surface area contributed by atoms with E-state index in [1.54, 1.807) is 18.0 Å². The minimum Gasteiger partial charge on any atom is -0.497 e. The number of nitrogens with one attached hydrogen (secondary N) is 2. The van der Waals surface area contributed by atoms with Crippen LogP contribution in [0.1, 0.15) is 15.9 Å². The molecule has 0 bridgehead atoms. The highest BCUT2D eigenvalue weighted by Gasteiger charge is 2.22. The lowest BCUT2D eigenvalue weighted by Gasteiger charge is -2.27. The Balaban J connectivity index is 0.00000240.